The number of ether oxygens (including phenoxy) is 2. The lowest BCUT2D eigenvalue weighted by Crippen LogP contribution is -1.91. The summed E-state index contributed by atoms with van der Waals surface area (Å²) in [7, 11) is 3.36. The third-order valence-electron chi connectivity index (χ3n) is 5.72. The van der Waals surface area contributed by atoms with E-state index in [9.17, 15) is 5.11 Å². The van der Waals surface area contributed by atoms with Crippen LogP contribution in [0.5, 0.6) is 17.2 Å². The van der Waals surface area contributed by atoms with Crippen molar-refractivity contribution in [1.29, 1.82) is 0 Å². The fraction of sp³-hybridized carbons (Fsp3) is 0.351. The van der Waals surface area contributed by atoms with E-state index in [1.54, 1.807) is 33.3 Å². The van der Waals surface area contributed by atoms with E-state index in [0.717, 1.165) is 24.3 Å². The molecule has 2 N–H and O–H groups in total. The van der Waals surface area contributed by atoms with Crippen molar-refractivity contribution in [3.63, 3.8) is 0 Å². The molecule has 4 heteroatoms. The predicted octanol–water partition coefficient (Wildman–Crippen LogP) is 9.45. The summed E-state index contributed by atoms with van der Waals surface area (Å²) in [5.41, 5.74) is 6.47. The zero-order valence-corrected chi connectivity index (χ0v) is 26.6. The Balaban J connectivity index is 0.000000644. The maximum absolute atomic E-state index is 9.17. The van der Waals surface area contributed by atoms with Crippen molar-refractivity contribution in [3.8, 4) is 17.2 Å². The van der Waals surface area contributed by atoms with Crippen molar-refractivity contribution in [2.75, 3.05) is 20.8 Å². The lowest BCUT2D eigenvalue weighted by molar-refractivity contribution is 0.318. The summed E-state index contributed by atoms with van der Waals surface area (Å²) in [6.45, 7) is 14.4. The summed E-state index contributed by atoms with van der Waals surface area (Å²) in [6.07, 6.45) is 1.84. The molecule has 4 rings (SSSR count). The minimum atomic E-state index is 0.250. The molecular weight excluding hydrogens is 508 g/mol. The Morgan fingerprint density at radius 1 is 0.537 bits per heavy atom. The Hall–Kier alpha value is -3.76. The van der Waals surface area contributed by atoms with Gasteiger partial charge in [-0.1, -0.05) is 102 Å². The van der Waals surface area contributed by atoms with E-state index in [4.69, 9.17) is 14.6 Å². The van der Waals surface area contributed by atoms with E-state index < -0.39 is 0 Å². The highest BCUT2D eigenvalue weighted by atomic mass is 16.5. The summed E-state index contributed by atoms with van der Waals surface area (Å²) < 4.78 is 10.3. The highest BCUT2D eigenvalue weighted by Gasteiger charge is 2.01. The Morgan fingerprint density at radius 3 is 1.07 bits per heavy atom. The Morgan fingerprint density at radius 2 is 0.805 bits per heavy atom. The van der Waals surface area contributed by atoms with Crippen molar-refractivity contribution in [1.82, 2.24) is 0 Å². The van der Waals surface area contributed by atoms with Crippen LogP contribution in [0, 0.1) is 0 Å². The topological polar surface area (TPSA) is 58.9 Å². The quantitative estimate of drug-likeness (QED) is 0.236. The molecule has 224 valence electrons. The Kier molecular flexibility index (Phi) is 20.9. The van der Waals surface area contributed by atoms with Crippen molar-refractivity contribution in [2.45, 2.75) is 67.2 Å². The van der Waals surface area contributed by atoms with Crippen LogP contribution in [0.4, 0.5) is 0 Å². The lowest BCUT2D eigenvalue weighted by atomic mass is 9.99. The number of aliphatic hydroxyl groups is 1. The number of hydrogen-bond donors (Lipinski definition) is 2. The molecule has 0 radical (unpaired) electrons. The van der Waals surface area contributed by atoms with Crippen molar-refractivity contribution in [3.05, 3.63) is 125 Å². The fourth-order valence-electron chi connectivity index (χ4n) is 3.59. The zero-order valence-electron chi connectivity index (χ0n) is 26.6. The first-order chi connectivity index (χ1) is 19.9. The average Bonchev–Trinajstić information content (AvgIpc) is 3.02. The summed E-state index contributed by atoms with van der Waals surface area (Å²) >= 11 is 0. The van der Waals surface area contributed by atoms with Gasteiger partial charge in [0.2, 0.25) is 0 Å². The van der Waals surface area contributed by atoms with Crippen LogP contribution in [0.15, 0.2) is 97.1 Å². The third kappa shape index (κ3) is 15.6. The van der Waals surface area contributed by atoms with Crippen LogP contribution in [-0.2, 0) is 12.8 Å². The monoisotopic (exact) mass is 560 g/mol. The molecule has 4 aromatic carbocycles. The molecular formula is C37H52O4. The minimum absolute atomic E-state index is 0.250. The molecule has 0 aliphatic carbocycles. The number of methoxy groups -OCH3 is 2. The number of benzene rings is 4. The molecule has 0 unspecified atom stereocenters. The van der Waals surface area contributed by atoms with E-state index in [1.165, 1.54) is 27.8 Å². The molecule has 0 atom stereocenters. The fourth-order valence-corrected chi connectivity index (χ4v) is 3.59. The zero-order chi connectivity index (χ0) is 31.0. The maximum Gasteiger partial charge on any atom is 0.118 e. The standard InChI is InChI=1S/C17H20O.C14H14O2.C2H6O.2C2H6/c1-13(2)16-8-4-14(5-9-16)12-15-6-10-17(18-3)11-7-15;1-16-14-8-4-12(5-9-14)10-11-2-6-13(15)7-3-11;1-2-3;2*1-2/h4-11,13H,12H2,1-3H3;2-9,15H,10H2,1H3;3H,2H2,1H3;2*1-2H3. The predicted molar refractivity (Wildman–Crippen MR) is 176 cm³/mol. The first-order valence-electron chi connectivity index (χ1n) is 14.6. The molecule has 0 aliphatic rings. The van der Waals surface area contributed by atoms with E-state index in [2.05, 4.69) is 50.2 Å². The molecule has 0 aromatic heterocycles. The van der Waals surface area contributed by atoms with Gasteiger partial charge in [-0.3, -0.25) is 0 Å². The van der Waals surface area contributed by atoms with Crippen LogP contribution in [-0.4, -0.2) is 31.0 Å². The van der Waals surface area contributed by atoms with Crippen LogP contribution in [0.3, 0.4) is 0 Å². The number of phenols is 1. The highest BCUT2D eigenvalue weighted by molar-refractivity contribution is 5.34. The molecule has 0 bridgehead atoms. The van der Waals surface area contributed by atoms with Crippen LogP contribution in [0.25, 0.3) is 0 Å². The molecule has 4 nitrogen and oxygen atoms in total. The number of rotatable bonds is 7. The molecule has 0 amide bonds. The van der Waals surface area contributed by atoms with Gasteiger partial charge < -0.3 is 19.7 Å². The Bertz CT molecular complexity index is 1130. The number of phenolic OH excluding ortho intramolecular Hbond substituents is 1. The van der Waals surface area contributed by atoms with Gasteiger partial charge in [0.05, 0.1) is 14.2 Å². The summed E-state index contributed by atoms with van der Waals surface area (Å²) in [6, 6.07) is 32.4. The number of aromatic hydroxyl groups is 1. The second-order valence-corrected chi connectivity index (χ2v) is 8.93. The number of aliphatic hydroxyl groups excluding tert-OH is 1. The minimum Gasteiger partial charge on any atom is -0.508 e. The lowest BCUT2D eigenvalue weighted by Gasteiger charge is -2.07. The van der Waals surface area contributed by atoms with Crippen molar-refractivity contribution in [2.24, 2.45) is 0 Å². The van der Waals surface area contributed by atoms with E-state index in [-0.39, 0.29) is 6.61 Å². The first-order valence-corrected chi connectivity index (χ1v) is 14.6. The smallest absolute Gasteiger partial charge is 0.118 e. The van der Waals surface area contributed by atoms with E-state index >= 15 is 0 Å². The van der Waals surface area contributed by atoms with Gasteiger partial charge in [0, 0.05) is 6.61 Å². The summed E-state index contributed by atoms with van der Waals surface area (Å²) in [5.74, 6) is 2.68. The summed E-state index contributed by atoms with van der Waals surface area (Å²) in [4.78, 5) is 0. The Labute approximate surface area is 249 Å². The van der Waals surface area contributed by atoms with Gasteiger partial charge in [-0.2, -0.15) is 0 Å². The highest BCUT2D eigenvalue weighted by Crippen LogP contribution is 2.19. The second kappa shape index (κ2) is 23.0. The van der Waals surface area contributed by atoms with Gasteiger partial charge in [-0.05, 0) is 89.9 Å². The van der Waals surface area contributed by atoms with E-state index in [0.29, 0.717) is 11.7 Å². The van der Waals surface area contributed by atoms with Crippen LogP contribution in [0.1, 0.15) is 82.2 Å². The summed E-state index contributed by atoms with van der Waals surface area (Å²) in [5, 5.41) is 16.7. The number of hydrogen-bond acceptors (Lipinski definition) is 4. The molecule has 0 heterocycles. The third-order valence-corrected chi connectivity index (χ3v) is 5.72. The molecule has 0 spiro atoms. The molecule has 41 heavy (non-hydrogen) atoms. The maximum atomic E-state index is 9.17. The van der Waals surface area contributed by atoms with Gasteiger partial charge in [-0.15, -0.1) is 0 Å². The second-order valence-electron chi connectivity index (χ2n) is 8.93. The van der Waals surface area contributed by atoms with Crippen LogP contribution < -0.4 is 9.47 Å². The molecule has 4 aromatic rings. The molecule has 0 aliphatic heterocycles. The van der Waals surface area contributed by atoms with Crippen LogP contribution >= 0.6 is 0 Å². The van der Waals surface area contributed by atoms with Gasteiger partial charge in [0.15, 0.2) is 0 Å². The molecule has 0 saturated carbocycles. The van der Waals surface area contributed by atoms with Crippen molar-refractivity contribution >= 4 is 0 Å². The van der Waals surface area contributed by atoms with Gasteiger partial charge >= 0.3 is 0 Å². The SMILES string of the molecule is CC.CC.CCO.COc1ccc(Cc2ccc(C(C)C)cc2)cc1.COc1ccc(Cc2ccc(O)cc2)cc1. The van der Waals surface area contributed by atoms with Gasteiger partial charge in [0.25, 0.3) is 0 Å². The van der Waals surface area contributed by atoms with Crippen molar-refractivity contribution < 1.29 is 19.7 Å². The first kappa shape index (κ1) is 37.2. The molecule has 0 saturated heterocycles. The molecule has 0 fully saturated rings. The average molecular weight is 561 g/mol. The normalized spacial score (nSPS) is 9.34. The van der Waals surface area contributed by atoms with Gasteiger partial charge in [-0.25, -0.2) is 0 Å². The largest absolute Gasteiger partial charge is 0.508 e. The van der Waals surface area contributed by atoms with E-state index in [1.807, 2.05) is 76.2 Å². The van der Waals surface area contributed by atoms with Gasteiger partial charge in [0.1, 0.15) is 17.2 Å². The van der Waals surface area contributed by atoms with Crippen LogP contribution in [0.2, 0.25) is 0 Å².